The van der Waals surface area contributed by atoms with E-state index in [-0.39, 0.29) is 6.61 Å². The van der Waals surface area contributed by atoms with E-state index in [1.54, 1.807) is 7.11 Å². The average molecular weight is 260 g/mol. The Labute approximate surface area is 113 Å². The molecule has 0 saturated heterocycles. The molecule has 0 bridgehead atoms. The minimum atomic E-state index is -0.00883. The van der Waals surface area contributed by atoms with E-state index in [1.165, 1.54) is 0 Å². The van der Waals surface area contributed by atoms with Gasteiger partial charge in [-0.3, -0.25) is 0 Å². The number of methoxy groups -OCH3 is 1. The molecule has 4 nitrogen and oxygen atoms in total. The van der Waals surface area contributed by atoms with Gasteiger partial charge in [-0.15, -0.1) is 0 Å². The molecule has 0 unspecified atom stereocenters. The van der Waals surface area contributed by atoms with Crippen LogP contribution in [0.2, 0.25) is 0 Å². The standard InChI is InChI=1S/C15H20N2O2/c1-9-5-6-13(19-4)10(2)15(9)17-11(3)12(8-18)7-14(17)16/h5-7,18H,8,16H2,1-4H3. The van der Waals surface area contributed by atoms with E-state index >= 15 is 0 Å². The monoisotopic (exact) mass is 260 g/mol. The van der Waals surface area contributed by atoms with Crippen LogP contribution >= 0.6 is 0 Å². The number of aliphatic hydroxyl groups excluding tert-OH is 1. The van der Waals surface area contributed by atoms with Crippen LogP contribution in [0.4, 0.5) is 5.82 Å². The quantitative estimate of drug-likeness (QED) is 0.891. The van der Waals surface area contributed by atoms with Crippen LogP contribution in [-0.2, 0) is 6.61 Å². The second-order valence-electron chi connectivity index (χ2n) is 4.73. The van der Waals surface area contributed by atoms with Gasteiger partial charge < -0.3 is 20.1 Å². The summed E-state index contributed by atoms with van der Waals surface area (Å²) in [5.74, 6) is 1.46. The third kappa shape index (κ3) is 2.08. The van der Waals surface area contributed by atoms with Gasteiger partial charge in [0.25, 0.3) is 0 Å². The molecule has 102 valence electrons. The molecule has 0 amide bonds. The number of rotatable bonds is 3. The maximum atomic E-state index is 9.35. The summed E-state index contributed by atoms with van der Waals surface area (Å²) in [5, 5.41) is 9.35. The van der Waals surface area contributed by atoms with Gasteiger partial charge in [-0.25, -0.2) is 0 Å². The van der Waals surface area contributed by atoms with Crippen molar-refractivity contribution < 1.29 is 9.84 Å². The zero-order valence-corrected chi connectivity index (χ0v) is 11.8. The number of nitrogen functional groups attached to an aromatic ring is 1. The Hall–Kier alpha value is -1.94. The number of aliphatic hydroxyl groups is 1. The van der Waals surface area contributed by atoms with Crippen LogP contribution in [-0.4, -0.2) is 16.8 Å². The van der Waals surface area contributed by atoms with Gasteiger partial charge in [0.1, 0.15) is 11.6 Å². The molecule has 1 aromatic heterocycles. The lowest BCUT2D eigenvalue weighted by molar-refractivity contribution is 0.281. The van der Waals surface area contributed by atoms with Crippen molar-refractivity contribution in [3.8, 4) is 11.4 Å². The first-order chi connectivity index (χ1) is 9.01. The zero-order valence-electron chi connectivity index (χ0n) is 11.8. The number of nitrogens with two attached hydrogens (primary N) is 1. The molecule has 1 aromatic carbocycles. The topological polar surface area (TPSA) is 60.4 Å². The molecular weight excluding hydrogens is 240 g/mol. The Kier molecular flexibility index (Phi) is 3.53. The van der Waals surface area contributed by atoms with Crippen LogP contribution in [0.5, 0.6) is 5.75 Å². The Morgan fingerprint density at radius 2 is 1.95 bits per heavy atom. The molecule has 0 fully saturated rings. The third-order valence-electron chi connectivity index (χ3n) is 3.58. The predicted molar refractivity (Wildman–Crippen MR) is 76.9 cm³/mol. The van der Waals surface area contributed by atoms with Crippen molar-refractivity contribution in [2.24, 2.45) is 0 Å². The smallest absolute Gasteiger partial charge is 0.123 e. The highest BCUT2D eigenvalue weighted by atomic mass is 16.5. The van der Waals surface area contributed by atoms with E-state index in [1.807, 2.05) is 43.5 Å². The lowest BCUT2D eigenvalue weighted by Gasteiger charge is -2.17. The number of hydrogen-bond donors (Lipinski definition) is 2. The summed E-state index contributed by atoms with van der Waals surface area (Å²) in [7, 11) is 1.66. The van der Waals surface area contributed by atoms with Crippen LogP contribution < -0.4 is 10.5 Å². The minimum absolute atomic E-state index is 0.00883. The van der Waals surface area contributed by atoms with E-state index in [0.29, 0.717) is 5.82 Å². The maximum absolute atomic E-state index is 9.35. The van der Waals surface area contributed by atoms with Crippen LogP contribution in [0, 0.1) is 20.8 Å². The molecule has 0 atom stereocenters. The SMILES string of the molecule is COc1ccc(C)c(-n2c(N)cc(CO)c2C)c1C. The number of aromatic nitrogens is 1. The highest BCUT2D eigenvalue weighted by molar-refractivity contribution is 5.60. The molecule has 19 heavy (non-hydrogen) atoms. The van der Waals surface area contributed by atoms with Gasteiger partial charge in [0.15, 0.2) is 0 Å². The number of benzene rings is 1. The summed E-state index contributed by atoms with van der Waals surface area (Å²) in [6.07, 6.45) is 0. The Bertz CT molecular complexity index is 615. The number of aryl methyl sites for hydroxylation is 1. The van der Waals surface area contributed by atoms with Crippen molar-refractivity contribution in [1.82, 2.24) is 4.57 Å². The van der Waals surface area contributed by atoms with Gasteiger partial charge in [0, 0.05) is 16.8 Å². The van der Waals surface area contributed by atoms with Gasteiger partial charge in [0.05, 0.1) is 19.4 Å². The molecule has 1 heterocycles. The van der Waals surface area contributed by atoms with Crippen molar-refractivity contribution in [2.75, 3.05) is 12.8 Å². The van der Waals surface area contributed by atoms with Gasteiger partial charge in [-0.05, 0) is 38.5 Å². The minimum Gasteiger partial charge on any atom is -0.496 e. The van der Waals surface area contributed by atoms with Crippen LogP contribution in [0.15, 0.2) is 18.2 Å². The molecule has 0 spiro atoms. The molecule has 2 rings (SSSR count). The maximum Gasteiger partial charge on any atom is 0.123 e. The lowest BCUT2D eigenvalue weighted by atomic mass is 10.1. The van der Waals surface area contributed by atoms with Crippen LogP contribution in [0.1, 0.15) is 22.4 Å². The molecular formula is C15H20N2O2. The zero-order chi connectivity index (χ0) is 14.2. The van der Waals surface area contributed by atoms with E-state index in [9.17, 15) is 5.11 Å². The number of nitrogens with zero attached hydrogens (tertiary/aromatic N) is 1. The summed E-state index contributed by atoms with van der Waals surface area (Å²) in [6, 6.07) is 5.78. The van der Waals surface area contributed by atoms with E-state index in [4.69, 9.17) is 10.5 Å². The van der Waals surface area contributed by atoms with E-state index in [2.05, 4.69) is 0 Å². The molecule has 0 aliphatic carbocycles. The Morgan fingerprint density at radius 1 is 1.26 bits per heavy atom. The first-order valence-corrected chi connectivity index (χ1v) is 6.23. The fourth-order valence-electron chi connectivity index (χ4n) is 2.52. The highest BCUT2D eigenvalue weighted by Crippen LogP contribution is 2.32. The lowest BCUT2D eigenvalue weighted by Crippen LogP contribution is -2.07. The number of hydrogen-bond acceptors (Lipinski definition) is 3. The molecule has 2 aromatic rings. The molecule has 3 N–H and O–H groups in total. The summed E-state index contributed by atoms with van der Waals surface area (Å²) in [5.41, 5.74) is 11.1. The largest absolute Gasteiger partial charge is 0.496 e. The Morgan fingerprint density at radius 3 is 2.47 bits per heavy atom. The Balaban J connectivity index is 2.75. The fraction of sp³-hybridized carbons (Fsp3) is 0.333. The molecule has 0 aliphatic rings. The van der Waals surface area contributed by atoms with Gasteiger partial charge in [-0.2, -0.15) is 0 Å². The highest BCUT2D eigenvalue weighted by Gasteiger charge is 2.16. The molecule has 0 saturated carbocycles. The second kappa shape index (κ2) is 4.97. The summed E-state index contributed by atoms with van der Waals surface area (Å²) < 4.78 is 7.34. The van der Waals surface area contributed by atoms with Crippen molar-refractivity contribution in [3.05, 3.63) is 40.6 Å². The fourth-order valence-corrected chi connectivity index (χ4v) is 2.52. The first kappa shape index (κ1) is 13.5. The molecule has 0 radical (unpaired) electrons. The normalized spacial score (nSPS) is 10.8. The predicted octanol–water partition coefficient (Wildman–Crippen LogP) is 2.49. The summed E-state index contributed by atoms with van der Waals surface area (Å²) in [6.45, 7) is 6.00. The number of anilines is 1. The molecule has 0 aliphatic heterocycles. The molecule has 4 heteroatoms. The first-order valence-electron chi connectivity index (χ1n) is 6.23. The summed E-state index contributed by atoms with van der Waals surface area (Å²) in [4.78, 5) is 0. The average Bonchev–Trinajstić information content (AvgIpc) is 2.66. The van der Waals surface area contributed by atoms with Gasteiger partial charge >= 0.3 is 0 Å². The van der Waals surface area contributed by atoms with Gasteiger partial charge in [0.2, 0.25) is 0 Å². The van der Waals surface area contributed by atoms with Crippen molar-refractivity contribution >= 4 is 5.82 Å². The van der Waals surface area contributed by atoms with E-state index in [0.717, 1.165) is 33.8 Å². The third-order valence-corrected chi connectivity index (χ3v) is 3.58. The van der Waals surface area contributed by atoms with Crippen LogP contribution in [0.25, 0.3) is 5.69 Å². The van der Waals surface area contributed by atoms with Crippen molar-refractivity contribution in [3.63, 3.8) is 0 Å². The van der Waals surface area contributed by atoms with Crippen LogP contribution in [0.3, 0.4) is 0 Å². The van der Waals surface area contributed by atoms with Crippen molar-refractivity contribution in [1.29, 1.82) is 0 Å². The summed E-state index contributed by atoms with van der Waals surface area (Å²) >= 11 is 0. The number of ether oxygens (including phenoxy) is 1. The van der Waals surface area contributed by atoms with E-state index < -0.39 is 0 Å². The van der Waals surface area contributed by atoms with Crippen molar-refractivity contribution in [2.45, 2.75) is 27.4 Å². The van der Waals surface area contributed by atoms with Gasteiger partial charge in [-0.1, -0.05) is 6.07 Å². The second-order valence-corrected chi connectivity index (χ2v) is 4.73.